The van der Waals surface area contributed by atoms with Crippen molar-refractivity contribution in [1.29, 1.82) is 0 Å². The first-order valence-electron chi connectivity index (χ1n) is 7.05. The number of hydrogen-bond donors (Lipinski definition) is 1. The Morgan fingerprint density at radius 3 is 2.50 bits per heavy atom. The highest BCUT2D eigenvalue weighted by molar-refractivity contribution is 5.69. The van der Waals surface area contributed by atoms with E-state index < -0.39 is 5.60 Å². The number of rotatable bonds is 1. The van der Waals surface area contributed by atoms with Crippen LogP contribution in [0.4, 0.5) is 4.79 Å². The lowest BCUT2D eigenvalue weighted by Gasteiger charge is -2.51. The summed E-state index contributed by atoms with van der Waals surface area (Å²) in [6.07, 6.45) is 5.86. The molecule has 0 bridgehead atoms. The summed E-state index contributed by atoms with van der Waals surface area (Å²) in [4.78, 5) is 14.1. The van der Waals surface area contributed by atoms with Crippen LogP contribution in [0.15, 0.2) is 0 Å². The van der Waals surface area contributed by atoms with Gasteiger partial charge in [0, 0.05) is 19.1 Å². The SMILES string of the molecule is CC(C)(C)OC(=O)N1CC2(CCC2)CCC1CN. The summed E-state index contributed by atoms with van der Waals surface area (Å²) in [6.45, 7) is 7.10. The number of ether oxygens (including phenoxy) is 1. The van der Waals surface area contributed by atoms with Crippen molar-refractivity contribution in [3.8, 4) is 0 Å². The quantitative estimate of drug-likeness (QED) is 0.782. The van der Waals surface area contributed by atoms with Crippen LogP contribution in [-0.4, -0.2) is 35.7 Å². The van der Waals surface area contributed by atoms with E-state index in [-0.39, 0.29) is 12.1 Å². The van der Waals surface area contributed by atoms with Gasteiger partial charge in [-0.3, -0.25) is 0 Å². The molecule has 1 amide bonds. The molecule has 4 heteroatoms. The van der Waals surface area contributed by atoms with Gasteiger partial charge in [0.15, 0.2) is 0 Å². The first kappa shape index (κ1) is 13.7. The Morgan fingerprint density at radius 2 is 2.06 bits per heavy atom. The van der Waals surface area contributed by atoms with E-state index >= 15 is 0 Å². The van der Waals surface area contributed by atoms with Gasteiger partial charge < -0.3 is 15.4 Å². The zero-order chi connectivity index (χ0) is 13.4. The predicted octanol–water partition coefficient (Wildman–Crippen LogP) is 2.51. The van der Waals surface area contributed by atoms with Gasteiger partial charge in [0.1, 0.15) is 5.60 Å². The van der Waals surface area contributed by atoms with Crippen LogP contribution in [0.2, 0.25) is 0 Å². The largest absolute Gasteiger partial charge is 0.444 e. The second-order valence-corrected chi connectivity index (χ2v) is 6.89. The third-order valence-electron chi connectivity index (χ3n) is 4.27. The molecule has 2 fully saturated rings. The lowest BCUT2D eigenvalue weighted by atomic mass is 9.63. The van der Waals surface area contributed by atoms with Gasteiger partial charge in [-0.2, -0.15) is 0 Å². The average Bonchev–Trinajstić information content (AvgIpc) is 2.23. The summed E-state index contributed by atoms with van der Waals surface area (Å²) in [5, 5.41) is 0. The van der Waals surface area contributed by atoms with E-state index in [1.807, 2.05) is 25.7 Å². The fraction of sp³-hybridized carbons (Fsp3) is 0.929. The molecule has 0 radical (unpaired) electrons. The van der Waals surface area contributed by atoms with Crippen LogP contribution in [0.1, 0.15) is 52.9 Å². The van der Waals surface area contributed by atoms with Gasteiger partial charge in [-0.15, -0.1) is 0 Å². The molecule has 104 valence electrons. The normalized spacial score (nSPS) is 26.9. The number of likely N-dealkylation sites (tertiary alicyclic amines) is 1. The second kappa shape index (κ2) is 4.72. The standard InChI is InChI=1S/C14H26N2O2/c1-13(2,3)18-12(17)16-10-14(6-4-7-14)8-5-11(16)9-15/h11H,4-10,15H2,1-3H3. The number of carbonyl (C=O) groups excluding carboxylic acids is 1. The molecule has 4 nitrogen and oxygen atoms in total. The van der Waals surface area contributed by atoms with Crippen molar-refractivity contribution >= 4 is 6.09 Å². The van der Waals surface area contributed by atoms with Crippen molar-refractivity contribution in [2.24, 2.45) is 11.1 Å². The third-order valence-corrected chi connectivity index (χ3v) is 4.27. The number of nitrogens with two attached hydrogens (primary N) is 1. The molecule has 0 aromatic rings. The molecule has 1 heterocycles. The van der Waals surface area contributed by atoms with Gasteiger partial charge >= 0.3 is 6.09 Å². The topological polar surface area (TPSA) is 55.6 Å². The molecule has 1 aliphatic carbocycles. The van der Waals surface area contributed by atoms with E-state index in [0.717, 1.165) is 13.0 Å². The smallest absolute Gasteiger partial charge is 0.410 e. The van der Waals surface area contributed by atoms with E-state index in [4.69, 9.17) is 10.5 Å². The number of amides is 1. The summed E-state index contributed by atoms with van der Waals surface area (Å²) >= 11 is 0. The van der Waals surface area contributed by atoms with Crippen molar-refractivity contribution in [3.63, 3.8) is 0 Å². The van der Waals surface area contributed by atoms with E-state index in [0.29, 0.717) is 12.0 Å². The Balaban J connectivity index is 2.04. The summed E-state index contributed by atoms with van der Waals surface area (Å²) in [7, 11) is 0. The van der Waals surface area contributed by atoms with Gasteiger partial charge in [-0.25, -0.2) is 4.79 Å². The molecule has 2 aliphatic rings. The molecule has 1 spiro atoms. The van der Waals surface area contributed by atoms with Gasteiger partial charge in [0.25, 0.3) is 0 Å². The maximum atomic E-state index is 12.3. The zero-order valence-electron chi connectivity index (χ0n) is 11.9. The van der Waals surface area contributed by atoms with Crippen molar-refractivity contribution in [2.45, 2.75) is 64.5 Å². The minimum Gasteiger partial charge on any atom is -0.444 e. The Morgan fingerprint density at radius 1 is 1.39 bits per heavy atom. The lowest BCUT2D eigenvalue weighted by molar-refractivity contribution is -0.0337. The Labute approximate surface area is 110 Å². The molecule has 1 saturated heterocycles. The van der Waals surface area contributed by atoms with Crippen LogP contribution in [0.5, 0.6) is 0 Å². The molecule has 0 aromatic heterocycles. The summed E-state index contributed by atoms with van der Waals surface area (Å²) in [5.41, 5.74) is 5.74. The van der Waals surface area contributed by atoms with Crippen LogP contribution in [0, 0.1) is 5.41 Å². The first-order valence-corrected chi connectivity index (χ1v) is 7.05. The summed E-state index contributed by atoms with van der Waals surface area (Å²) in [5.74, 6) is 0. The van der Waals surface area contributed by atoms with Crippen LogP contribution >= 0.6 is 0 Å². The maximum absolute atomic E-state index is 12.3. The van der Waals surface area contributed by atoms with Crippen molar-refractivity contribution < 1.29 is 9.53 Å². The van der Waals surface area contributed by atoms with Gasteiger partial charge in [0.2, 0.25) is 0 Å². The summed E-state index contributed by atoms with van der Waals surface area (Å²) < 4.78 is 5.50. The Bertz CT molecular complexity index is 318. The third kappa shape index (κ3) is 2.79. The van der Waals surface area contributed by atoms with E-state index in [1.54, 1.807) is 0 Å². The molecule has 1 atom stereocenters. The van der Waals surface area contributed by atoms with Crippen LogP contribution in [0.25, 0.3) is 0 Å². The highest BCUT2D eigenvalue weighted by atomic mass is 16.6. The number of nitrogens with zero attached hydrogens (tertiary/aromatic N) is 1. The Hall–Kier alpha value is -0.770. The molecule has 2 N–H and O–H groups in total. The molecule has 1 unspecified atom stereocenters. The Kier molecular flexibility index (Phi) is 3.58. The molecular formula is C14H26N2O2. The highest BCUT2D eigenvalue weighted by Crippen LogP contribution is 2.48. The second-order valence-electron chi connectivity index (χ2n) is 6.89. The lowest BCUT2D eigenvalue weighted by Crippen LogP contribution is -2.56. The van der Waals surface area contributed by atoms with Gasteiger partial charge in [0.05, 0.1) is 0 Å². The fourth-order valence-corrected chi connectivity index (χ4v) is 3.06. The van der Waals surface area contributed by atoms with Gasteiger partial charge in [-0.05, 0) is 51.9 Å². The maximum Gasteiger partial charge on any atom is 0.410 e. The minimum atomic E-state index is -0.430. The zero-order valence-corrected chi connectivity index (χ0v) is 11.9. The molecule has 0 aromatic carbocycles. The van der Waals surface area contributed by atoms with Crippen molar-refractivity contribution in [2.75, 3.05) is 13.1 Å². The molecule has 1 aliphatic heterocycles. The molecule has 18 heavy (non-hydrogen) atoms. The van der Waals surface area contributed by atoms with Crippen molar-refractivity contribution in [1.82, 2.24) is 4.90 Å². The molecular weight excluding hydrogens is 228 g/mol. The first-order chi connectivity index (χ1) is 8.35. The number of hydrogen-bond acceptors (Lipinski definition) is 3. The molecule has 1 saturated carbocycles. The average molecular weight is 254 g/mol. The van der Waals surface area contributed by atoms with Crippen LogP contribution < -0.4 is 5.73 Å². The monoisotopic (exact) mass is 254 g/mol. The number of carbonyl (C=O) groups is 1. The highest BCUT2D eigenvalue weighted by Gasteiger charge is 2.45. The fourth-order valence-electron chi connectivity index (χ4n) is 3.06. The van der Waals surface area contributed by atoms with Crippen molar-refractivity contribution in [3.05, 3.63) is 0 Å². The van der Waals surface area contributed by atoms with E-state index in [2.05, 4.69) is 0 Å². The van der Waals surface area contributed by atoms with E-state index in [9.17, 15) is 4.79 Å². The summed E-state index contributed by atoms with van der Waals surface area (Å²) in [6, 6.07) is 0.158. The number of piperidine rings is 1. The van der Waals surface area contributed by atoms with Crippen LogP contribution in [-0.2, 0) is 4.74 Å². The molecule has 2 rings (SSSR count). The predicted molar refractivity (Wildman–Crippen MR) is 71.3 cm³/mol. The van der Waals surface area contributed by atoms with Gasteiger partial charge in [-0.1, -0.05) is 6.42 Å². The van der Waals surface area contributed by atoms with E-state index in [1.165, 1.54) is 25.7 Å². The van der Waals surface area contributed by atoms with Crippen LogP contribution in [0.3, 0.4) is 0 Å². The minimum absolute atomic E-state index is 0.158.